The summed E-state index contributed by atoms with van der Waals surface area (Å²) in [6.45, 7) is 0. The molecule has 86 valence electrons. The van der Waals surface area contributed by atoms with Crippen molar-refractivity contribution in [2.75, 3.05) is 7.11 Å². The fourth-order valence-electron chi connectivity index (χ4n) is 0.947. The van der Waals surface area contributed by atoms with E-state index in [9.17, 15) is 17.1 Å². The molecule has 0 aliphatic heterocycles. The first-order valence-electron chi connectivity index (χ1n) is 4.10. The molecule has 0 amide bonds. The van der Waals surface area contributed by atoms with Gasteiger partial charge in [0.05, 0.1) is 18.9 Å². The van der Waals surface area contributed by atoms with Crippen molar-refractivity contribution >= 4 is 22.6 Å². The van der Waals surface area contributed by atoms with E-state index in [-0.39, 0.29) is 0 Å². The number of ether oxygens (including phenoxy) is 1. The Bertz CT molecular complexity index is 507. The first-order valence-corrected chi connectivity index (χ1v) is 5.45. The van der Waals surface area contributed by atoms with Crippen molar-refractivity contribution in [3.63, 3.8) is 0 Å². The Morgan fingerprint density at radius 2 is 1.94 bits per heavy atom. The van der Waals surface area contributed by atoms with Gasteiger partial charge in [0.15, 0.2) is 0 Å². The maximum Gasteiger partial charge on any atom is 0.417 e. The molecule has 0 aliphatic rings. The summed E-state index contributed by atoms with van der Waals surface area (Å²) in [7, 11) is -3.63. The third-order valence-corrected chi connectivity index (χ3v) is 2.02. The largest absolute Gasteiger partial charge is 0.465 e. The number of hydrogen-bond donors (Lipinski definition) is 0. The Kier molecular flexibility index (Phi) is 3.73. The van der Waals surface area contributed by atoms with Crippen molar-refractivity contribution in [1.29, 1.82) is 0 Å². The Hall–Kier alpha value is -1.76. The highest BCUT2D eigenvalue weighted by atomic mass is 32.3. The van der Waals surface area contributed by atoms with E-state index in [2.05, 4.69) is 9.13 Å². The van der Waals surface area contributed by atoms with Crippen molar-refractivity contribution in [2.24, 2.45) is 4.40 Å². The van der Waals surface area contributed by atoms with Crippen LogP contribution in [-0.2, 0) is 15.1 Å². The minimum atomic E-state index is -4.88. The van der Waals surface area contributed by atoms with Crippen molar-refractivity contribution in [3.05, 3.63) is 35.4 Å². The molecule has 1 rings (SSSR count). The van der Waals surface area contributed by atoms with Crippen molar-refractivity contribution < 1.29 is 21.8 Å². The van der Waals surface area contributed by atoms with Crippen LogP contribution in [0.4, 0.5) is 3.89 Å². The summed E-state index contributed by atoms with van der Waals surface area (Å²) in [5, 5.41) is 0. The van der Waals surface area contributed by atoms with Crippen LogP contribution < -0.4 is 0 Å². The van der Waals surface area contributed by atoms with E-state index in [1.54, 1.807) is 0 Å². The lowest BCUT2D eigenvalue weighted by Crippen LogP contribution is -2.00. The van der Waals surface area contributed by atoms with Gasteiger partial charge in [-0.15, -0.1) is 4.40 Å². The van der Waals surface area contributed by atoms with Gasteiger partial charge in [0.2, 0.25) is 0 Å². The number of rotatable bonds is 3. The highest BCUT2D eigenvalue weighted by Crippen LogP contribution is 2.04. The molecule has 0 heterocycles. The zero-order chi connectivity index (χ0) is 12.2. The third kappa shape index (κ3) is 3.77. The molecule has 0 fully saturated rings. The molecule has 0 atom stereocenters. The summed E-state index contributed by atoms with van der Waals surface area (Å²) in [6.07, 6.45) is 0.844. The van der Waals surface area contributed by atoms with Crippen LogP contribution >= 0.6 is 0 Å². The summed E-state index contributed by atoms with van der Waals surface area (Å²) in [4.78, 5) is 11.0. The standard InChI is InChI=1S/C9H8FNO4S/c1-15-9(12)8-4-2-7(3-5-8)6-11-16(10,13)14/h2-6H,1H3. The molecule has 0 spiro atoms. The van der Waals surface area contributed by atoms with Crippen LogP contribution in [0.15, 0.2) is 28.7 Å². The average molecular weight is 245 g/mol. The van der Waals surface area contributed by atoms with Crippen LogP contribution in [0.5, 0.6) is 0 Å². The molecule has 0 aromatic heterocycles. The summed E-state index contributed by atoms with van der Waals surface area (Å²) >= 11 is 0. The van der Waals surface area contributed by atoms with E-state index in [1.165, 1.54) is 31.4 Å². The van der Waals surface area contributed by atoms with Gasteiger partial charge in [-0.3, -0.25) is 0 Å². The maximum atomic E-state index is 12.0. The molecule has 0 unspecified atom stereocenters. The fraction of sp³-hybridized carbons (Fsp3) is 0.111. The number of hydrogen-bond acceptors (Lipinski definition) is 4. The minimum absolute atomic E-state index is 0.308. The summed E-state index contributed by atoms with van der Waals surface area (Å²) in [5.41, 5.74) is 0.664. The number of carbonyl (C=O) groups excluding carboxylic acids is 1. The van der Waals surface area contributed by atoms with Gasteiger partial charge in [-0.05, 0) is 17.7 Å². The number of nitrogens with zero attached hydrogens (tertiary/aromatic N) is 1. The van der Waals surface area contributed by atoms with Crippen LogP contribution in [0.1, 0.15) is 15.9 Å². The Morgan fingerprint density at radius 1 is 1.38 bits per heavy atom. The first-order chi connectivity index (χ1) is 7.42. The zero-order valence-electron chi connectivity index (χ0n) is 8.25. The van der Waals surface area contributed by atoms with Gasteiger partial charge in [-0.25, -0.2) is 4.79 Å². The lowest BCUT2D eigenvalue weighted by molar-refractivity contribution is 0.0600. The molecule has 1 aromatic rings. The van der Waals surface area contributed by atoms with E-state index in [0.29, 0.717) is 11.1 Å². The van der Waals surface area contributed by atoms with Crippen LogP contribution in [0, 0.1) is 0 Å². The molecule has 0 aliphatic carbocycles. The molecule has 0 saturated carbocycles. The molecular formula is C9H8FNO4S. The fourth-order valence-corrected chi connectivity index (χ4v) is 1.19. The average Bonchev–Trinajstić information content (AvgIpc) is 2.25. The number of benzene rings is 1. The summed E-state index contributed by atoms with van der Waals surface area (Å²) < 4.78 is 39.4. The van der Waals surface area contributed by atoms with E-state index in [4.69, 9.17) is 0 Å². The Labute approximate surface area is 91.9 Å². The number of esters is 1. The molecule has 0 radical (unpaired) electrons. The van der Waals surface area contributed by atoms with Gasteiger partial charge in [-0.2, -0.15) is 8.42 Å². The molecular weight excluding hydrogens is 237 g/mol. The van der Waals surface area contributed by atoms with Crippen LogP contribution in [0.3, 0.4) is 0 Å². The van der Waals surface area contributed by atoms with Gasteiger partial charge in [0, 0.05) is 0 Å². The second-order valence-corrected chi connectivity index (χ2v) is 3.80. The second-order valence-electron chi connectivity index (χ2n) is 2.76. The van der Waals surface area contributed by atoms with E-state index in [1.807, 2.05) is 0 Å². The van der Waals surface area contributed by atoms with Gasteiger partial charge >= 0.3 is 16.4 Å². The summed E-state index contributed by atoms with van der Waals surface area (Å²) in [6, 6.07) is 5.66. The van der Waals surface area contributed by atoms with E-state index >= 15 is 0 Å². The Balaban J connectivity index is 2.88. The van der Waals surface area contributed by atoms with Crippen LogP contribution in [0.25, 0.3) is 0 Å². The Morgan fingerprint density at radius 3 is 2.38 bits per heavy atom. The topological polar surface area (TPSA) is 72.8 Å². The molecule has 0 saturated heterocycles. The normalized spacial score (nSPS) is 11.6. The predicted octanol–water partition coefficient (Wildman–Crippen LogP) is 1.11. The lowest BCUT2D eigenvalue weighted by atomic mass is 10.1. The molecule has 0 N–H and O–H groups in total. The molecule has 16 heavy (non-hydrogen) atoms. The van der Waals surface area contributed by atoms with Gasteiger partial charge in [0.25, 0.3) is 0 Å². The molecule has 0 bridgehead atoms. The van der Waals surface area contributed by atoms with Gasteiger partial charge in [0.1, 0.15) is 0 Å². The van der Waals surface area contributed by atoms with E-state index < -0.39 is 16.4 Å². The SMILES string of the molecule is COC(=O)c1ccc(C=NS(=O)(=O)F)cc1. The quantitative estimate of drug-likeness (QED) is 0.454. The zero-order valence-corrected chi connectivity index (χ0v) is 9.07. The number of carbonyl (C=O) groups is 1. The molecule has 1 aromatic carbocycles. The van der Waals surface area contributed by atoms with Crippen molar-refractivity contribution in [2.45, 2.75) is 0 Å². The second kappa shape index (κ2) is 4.84. The third-order valence-electron chi connectivity index (χ3n) is 1.66. The summed E-state index contributed by atoms with van der Waals surface area (Å²) in [5.74, 6) is -0.512. The smallest absolute Gasteiger partial charge is 0.417 e. The van der Waals surface area contributed by atoms with Gasteiger partial charge in [-0.1, -0.05) is 16.0 Å². The molecule has 7 heteroatoms. The first kappa shape index (κ1) is 12.3. The number of methoxy groups -OCH3 is 1. The number of halogens is 1. The monoisotopic (exact) mass is 245 g/mol. The lowest BCUT2D eigenvalue weighted by Gasteiger charge is -1.98. The van der Waals surface area contributed by atoms with Gasteiger partial charge < -0.3 is 4.74 Å². The highest BCUT2D eigenvalue weighted by molar-refractivity contribution is 7.85. The minimum Gasteiger partial charge on any atom is -0.465 e. The maximum absolute atomic E-state index is 12.0. The van der Waals surface area contributed by atoms with Crippen molar-refractivity contribution in [1.82, 2.24) is 0 Å². The molecule has 5 nitrogen and oxygen atoms in total. The van der Waals surface area contributed by atoms with E-state index in [0.717, 1.165) is 6.21 Å². The predicted molar refractivity (Wildman–Crippen MR) is 55.4 cm³/mol. The van der Waals surface area contributed by atoms with Crippen molar-refractivity contribution in [3.8, 4) is 0 Å². The van der Waals surface area contributed by atoms with Crippen LogP contribution in [0.2, 0.25) is 0 Å². The highest BCUT2D eigenvalue weighted by Gasteiger charge is 2.04. The van der Waals surface area contributed by atoms with Crippen LogP contribution in [-0.4, -0.2) is 27.7 Å².